The molecular weight excluding hydrogens is 279 g/mol. The number of hydrogen-bond donors (Lipinski definition) is 0. The number of aromatic nitrogens is 1. The quantitative estimate of drug-likeness (QED) is 0.457. The molecule has 0 radical (unpaired) electrons. The van der Waals surface area contributed by atoms with Crippen LogP contribution in [0.1, 0.15) is 11.1 Å². The van der Waals surface area contributed by atoms with Crippen LogP contribution in [0.3, 0.4) is 0 Å². The molecule has 2 aromatic rings. The normalized spacial score (nSPS) is 15.2. The highest BCUT2D eigenvalue weighted by atomic mass is 19.4. The largest absolute Gasteiger partial charge is 0.505 e. The Labute approximate surface area is 119 Å². The van der Waals surface area contributed by atoms with E-state index in [4.69, 9.17) is 0 Å². The average molecular weight is 291 g/mol. The zero-order chi connectivity index (χ0) is 14.9. The molecule has 0 atom stereocenters. The number of halogens is 3. The summed E-state index contributed by atoms with van der Waals surface area (Å²) in [4.78, 5) is 8.68. The number of fused-ring (bicyclic) bond motifs is 1. The minimum Gasteiger partial charge on any atom is -0.310 e. The van der Waals surface area contributed by atoms with Crippen molar-refractivity contribution < 1.29 is 13.2 Å². The Morgan fingerprint density at radius 1 is 1.10 bits per heavy atom. The third-order valence-electron chi connectivity index (χ3n) is 3.25. The van der Waals surface area contributed by atoms with E-state index >= 15 is 0 Å². The van der Waals surface area contributed by atoms with Crippen molar-refractivity contribution in [3.8, 4) is 0 Å². The SMILES string of the molecule is FC(F)(F)/N=C(\c1ccccc1)N1CCc2cccnc21. The first-order chi connectivity index (χ1) is 10.0. The molecule has 0 unspecified atom stereocenters. The number of alkyl halides is 3. The fraction of sp³-hybridized carbons (Fsp3) is 0.200. The lowest BCUT2D eigenvalue weighted by molar-refractivity contribution is -0.119. The summed E-state index contributed by atoms with van der Waals surface area (Å²) in [6, 6.07) is 12.0. The van der Waals surface area contributed by atoms with Gasteiger partial charge in [0.05, 0.1) is 0 Å². The fourth-order valence-electron chi connectivity index (χ4n) is 2.40. The van der Waals surface area contributed by atoms with Crippen molar-refractivity contribution in [2.45, 2.75) is 12.7 Å². The van der Waals surface area contributed by atoms with Crippen molar-refractivity contribution in [1.29, 1.82) is 0 Å². The van der Waals surface area contributed by atoms with E-state index < -0.39 is 6.30 Å². The van der Waals surface area contributed by atoms with E-state index in [0.29, 0.717) is 24.3 Å². The van der Waals surface area contributed by atoms with Crippen molar-refractivity contribution in [3.63, 3.8) is 0 Å². The Morgan fingerprint density at radius 2 is 1.86 bits per heavy atom. The smallest absolute Gasteiger partial charge is 0.310 e. The van der Waals surface area contributed by atoms with Crippen molar-refractivity contribution in [3.05, 3.63) is 59.8 Å². The fourth-order valence-corrected chi connectivity index (χ4v) is 2.40. The predicted octanol–water partition coefficient (Wildman–Crippen LogP) is 3.41. The third kappa shape index (κ3) is 2.89. The number of amidine groups is 1. The molecule has 0 saturated carbocycles. The third-order valence-corrected chi connectivity index (χ3v) is 3.25. The van der Waals surface area contributed by atoms with Gasteiger partial charge in [0, 0.05) is 18.3 Å². The first-order valence-electron chi connectivity index (χ1n) is 6.48. The number of rotatable bonds is 1. The summed E-state index contributed by atoms with van der Waals surface area (Å²) in [6.45, 7) is 0.441. The van der Waals surface area contributed by atoms with Gasteiger partial charge >= 0.3 is 6.30 Å². The monoisotopic (exact) mass is 291 g/mol. The van der Waals surface area contributed by atoms with E-state index in [1.807, 2.05) is 6.07 Å². The minimum atomic E-state index is -4.62. The molecule has 1 aliphatic rings. The van der Waals surface area contributed by atoms with Crippen molar-refractivity contribution in [2.75, 3.05) is 11.4 Å². The molecule has 108 valence electrons. The molecule has 0 aliphatic carbocycles. The molecule has 21 heavy (non-hydrogen) atoms. The topological polar surface area (TPSA) is 28.5 Å². The minimum absolute atomic E-state index is 0.111. The average Bonchev–Trinajstić information content (AvgIpc) is 2.89. The standard InChI is InChI=1S/C15H12F3N3/c16-15(17,18)20-14(11-5-2-1-3-6-11)21-10-8-12-7-4-9-19-13(12)21/h1-7,9H,8,10H2/b20-14+. The maximum absolute atomic E-state index is 12.8. The molecule has 0 saturated heterocycles. The van der Waals surface area contributed by atoms with Gasteiger partial charge in [0.25, 0.3) is 0 Å². The molecule has 0 amide bonds. The molecule has 1 aliphatic heterocycles. The Bertz CT molecular complexity index is 665. The number of nitrogens with zero attached hydrogens (tertiary/aromatic N) is 3. The number of aliphatic imine (C=N–C) groups is 1. The highest BCUT2D eigenvalue weighted by molar-refractivity contribution is 6.10. The zero-order valence-electron chi connectivity index (χ0n) is 11.0. The lowest BCUT2D eigenvalue weighted by Crippen LogP contribution is -2.32. The van der Waals surface area contributed by atoms with Crippen LogP contribution in [0.15, 0.2) is 53.7 Å². The molecule has 3 rings (SSSR count). The summed E-state index contributed by atoms with van der Waals surface area (Å²) in [7, 11) is 0. The van der Waals surface area contributed by atoms with Crippen LogP contribution in [0.4, 0.5) is 19.0 Å². The van der Waals surface area contributed by atoms with Crippen LogP contribution in [0.2, 0.25) is 0 Å². The van der Waals surface area contributed by atoms with Gasteiger partial charge in [-0.3, -0.25) is 0 Å². The molecule has 2 heterocycles. The second-order valence-electron chi connectivity index (χ2n) is 4.66. The predicted molar refractivity (Wildman–Crippen MR) is 74.3 cm³/mol. The summed E-state index contributed by atoms with van der Waals surface area (Å²) in [5, 5.41) is 0. The Hall–Kier alpha value is -2.37. The van der Waals surface area contributed by atoms with Crippen LogP contribution in [0.5, 0.6) is 0 Å². The molecule has 1 aromatic carbocycles. The molecule has 3 nitrogen and oxygen atoms in total. The maximum atomic E-state index is 12.8. The Balaban J connectivity index is 2.08. The van der Waals surface area contributed by atoms with E-state index in [0.717, 1.165) is 5.56 Å². The van der Waals surface area contributed by atoms with Gasteiger partial charge in [-0.2, -0.15) is 4.99 Å². The van der Waals surface area contributed by atoms with E-state index in [2.05, 4.69) is 9.98 Å². The van der Waals surface area contributed by atoms with Crippen LogP contribution in [0.25, 0.3) is 0 Å². The lowest BCUT2D eigenvalue weighted by atomic mass is 10.2. The van der Waals surface area contributed by atoms with Gasteiger partial charge in [-0.1, -0.05) is 36.4 Å². The highest BCUT2D eigenvalue weighted by Gasteiger charge is 2.32. The molecule has 0 bridgehead atoms. The van der Waals surface area contributed by atoms with Crippen molar-refractivity contribution in [1.82, 2.24) is 4.98 Å². The molecule has 6 heteroatoms. The summed E-state index contributed by atoms with van der Waals surface area (Å²) in [5.41, 5.74) is 1.36. The molecule has 0 N–H and O–H groups in total. The number of benzene rings is 1. The first-order valence-corrected chi connectivity index (χ1v) is 6.48. The van der Waals surface area contributed by atoms with Gasteiger partial charge in [-0.15, -0.1) is 13.2 Å². The van der Waals surface area contributed by atoms with Gasteiger partial charge in [-0.05, 0) is 18.1 Å². The van der Waals surface area contributed by atoms with Gasteiger partial charge < -0.3 is 4.90 Å². The molecule has 1 aromatic heterocycles. The molecular formula is C15H12F3N3. The van der Waals surface area contributed by atoms with Crippen LogP contribution in [0, 0.1) is 0 Å². The summed E-state index contributed by atoms with van der Waals surface area (Å²) in [5.74, 6) is 0.435. The molecule has 0 fully saturated rings. The van der Waals surface area contributed by atoms with Crippen LogP contribution >= 0.6 is 0 Å². The number of hydrogen-bond acceptors (Lipinski definition) is 2. The van der Waals surface area contributed by atoms with E-state index in [9.17, 15) is 13.2 Å². The van der Waals surface area contributed by atoms with Gasteiger partial charge in [0.2, 0.25) is 0 Å². The Kier molecular flexibility index (Phi) is 3.37. The number of pyridine rings is 1. The summed E-state index contributed by atoms with van der Waals surface area (Å²) >= 11 is 0. The second-order valence-corrected chi connectivity index (χ2v) is 4.66. The number of anilines is 1. The second kappa shape index (κ2) is 5.20. The van der Waals surface area contributed by atoms with Crippen molar-refractivity contribution >= 4 is 11.7 Å². The van der Waals surface area contributed by atoms with Crippen LogP contribution in [-0.4, -0.2) is 23.7 Å². The van der Waals surface area contributed by atoms with E-state index in [-0.39, 0.29) is 5.84 Å². The maximum Gasteiger partial charge on any atom is 0.505 e. The Morgan fingerprint density at radius 3 is 2.57 bits per heavy atom. The summed E-state index contributed by atoms with van der Waals surface area (Å²) in [6.07, 6.45) is -2.39. The van der Waals surface area contributed by atoms with Gasteiger partial charge in [-0.25, -0.2) is 4.98 Å². The van der Waals surface area contributed by atoms with E-state index in [1.54, 1.807) is 42.6 Å². The lowest BCUT2D eigenvalue weighted by Gasteiger charge is -2.21. The zero-order valence-corrected chi connectivity index (χ0v) is 11.0. The van der Waals surface area contributed by atoms with Crippen molar-refractivity contribution in [2.24, 2.45) is 4.99 Å². The van der Waals surface area contributed by atoms with Gasteiger partial charge in [0.1, 0.15) is 11.7 Å². The van der Waals surface area contributed by atoms with Crippen LogP contribution in [-0.2, 0) is 6.42 Å². The highest BCUT2D eigenvalue weighted by Crippen LogP contribution is 2.29. The van der Waals surface area contributed by atoms with E-state index in [1.165, 1.54) is 4.90 Å². The van der Waals surface area contributed by atoms with Gasteiger partial charge in [0.15, 0.2) is 0 Å². The summed E-state index contributed by atoms with van der Waals surface area (Å²) < 4.78 is 38.4. The first kappa shape index (κ1) is 13.6. The molecule has 0 spiro atoms. The van der Waals surface area contributed by atoms with Crippen LogP contribution < -0.4 is 4.90 Å².